The zero-order valence-corrected chi connectivity index (χ0v) is 12.3. The van der Waals surface area contributed by atoms with E-state index in [0.29, 0.717) is 10.3 Å². The minimum atomic E-state index is -0.760. The molecule has 0 bridgehead atoms. The smallest absolute Gasteiger partial charge is 0.277 e. The second-order valence-electron chi connectivity index (χ2n) is 4.80. The molecule has 0 atom stereocenters. The third-order valence-electron chi connectivity index (χ3n) is 3.23. The van der Waals surface area contributed by atoms with Crippen LogP contribution in [0.3, 0.4) is 0 Å². The fourth-order valence-electron chi connectivity index (χ4n) is 2.22. The van der Waals surface area contributed by atoms with E-state index in [4.69, 9.17) is 0 Å². The van der Waals surface area contributed by atoms with Gasteiger partial charge in [-0.05, 0) is 18.2 Å². The quantitative estimate of drug-likeness (QED) is 0.612. The maximum atomic E-state index is 13.6. The molecule has 3 heterocycles. The first-order valence-electron chi connectivity index (χ1n) is 6.61. The number of carbonyl (C=O) groups excluding carboxylic acids is 1. The summed E-state index contributed by atoms with van der Waals surface area (Å²) >= 11 is 0.998. The van der Waals surface area contributed by atoms with Gasteiger partial charge in [0.05, 0.1) is 4.70 Å². The van der Waals surface area contributed by atoms with Gasteiger partial charge < -0.3 is 4.40 Å². The van der Waals surface area contributed by atoms with Gasteiger partial charge in [0.1, 0.15) is 22.7 Å². The van der Waals surface area contributed by atoms with Crippen LogP contribution in [0.5, 0.6) is 0 Å². The van der Waals surface area contributed by atoms with Gasteiger partial charge in [-0.3, -0.25) is 10.1 Å². The fourth-order valence-corrected chi connectivity index (χ4v) is 3.12. The molecular weight excluding hydrogens is 322 g/mol. The first-order chi connectivity index (χ1) is 11.1. The third-order valence-corrected chi connectivity index (χ3v) is 4.15. The molecule has 1 N–H and O–H groups in total. The van der Waals surface area contributed by atoms with E-state index >= 15 is 0 Å². The van der Waals surface area contributed by atoms with Gasteiger partial charge in [0.25, 0.3) is 5.91 Å². The van der Waals surface area contributed by atoms with E-state index in [2.05, 4.69) is 15.3 Å². The SMILES string of the molecule is O=C(Nc1nc2c(F)cc(F)cc2s1)c1cn2ccccc2n1. The number of fused-ring (bicyclic) bond motifs is 2. The predicted octanol–water partition coefficient (Wildman–Crippen LogP) is 3.47. The molecule has 5 nitrogen and oxygen atoms in total. The highest BCUT2D eigenvalue weighted by Crippen LogP contribution is 2.28. The minimum Gasteiger partial charge on any atom is -0.306 e. The van der Waals surface area contributed by atoms with Crippen LogP contribution in [0.2, 0.25) is 0 Å². The van der Waals surface area contributed by atoms with E-state index in [1.807, 2.05) is 12.1 Å². The second kappa shape index (κ2) is 5.10. The van der Waals surface area contributed by atoms with Crippen LogP contribution in [0.4, 0.5) is 13.9 Å². The highest BCUT2D eigenvalue weighted by Gasteiger charge is 2.15. The van der Waals surface area contributed by atoms with Crippen molar-refractivity contribution in [2.45, 2.75) is 0 Å². The van der Waals surface area contributed by atoms with Crippen LogP contribution in [0.25, 0.3) is 15.9 Å². The Kier molecular flexibility index (Phi) is 3.05. The van der Waals surface area contributed by atoms with E-state index in [1.54, 1.807) is 22.9 Å². The van der Waals surface area contributed by atoms with Crippen LogP contribution in [0.15, 0.2) is 42.7 Å². The Bertz CT molecular complexity index is 1020. The number of hydrogen-bond donors (Lipinski definition) is 1. The van der Waals surface area contributed by atoms with Crippen LogP contribution in [0, 0.1) is 11.6 Å². The first-order valence-corrected chi connectivity index (χ1v) is 7.42. The molecule has 1 aromatic carbocycles. The normalized spacial score (nSPS) is 11.2. The van der Waals surface area contributed by atoms with Gasteiger partial charge in [0.2, 0.25) is 0 Å². The van der Waals surface area contributed by atoms with Gasteiger partial charge in [0, 0.05) is 18.5 Å². The Morgan fingerprint density at radius 2 is 2.09 bits per heavy atom. The van der Waals surface area contributed by atoms with Gasteiger partial charge in [-0.2, -0.15) is 0 Å². The molecule has 4 aromatic rings. The highest BCUT2D eigenvalue weighted by atomic mass is 32.1. The number of imidazole rings is 1. The molecule has 0 aliphatic carbocycles. The van der Waals surface area contributed by atoms with Crippen molar-refractivity contribution in [3.05, 3.63) is 60.1 Å². The Balaban J connectivity index is 1.67. The number of nitrogens with zero attached hydrogens (tertiary/aromatic N) is 3. The lowest BCUT2D eigenvalue weighted by atomic mass is 10.3. The number of nitrogens with one attached hydrogen (secondary N) is 1. The Labute approximate surface area is 132 Å². The third kappa shape index (κ3) is 2.42. The van der Waals surface area contributed by atoms with E-state index in [1.165, 1.54) is 6.07 Å². The molecule has 3 aromatic heterocycles. The van der Waals surface area contributed by atoms with Gasteiger partial charge >= 0.3 is 0 Å². The van der Waals surface area contributed by atoms with Gasteiger partial charge in [0.15, 0.2) is 10.9 Å². The number of hydrogen-bond acceptors (Lipinski definition) is 4. The summed E-state index contributed by atoms with van der Waals surface area (Å²) in [5.74, 6) is -1.91. The number of rotatable bonds is 2. The molecule has 0 spiro atoms. The molecule has 0 aliphatic rings. The van der Waals surface area contributed by atoms with Crippen LogP contribution in [-0.4, -0.2) is 20.3 Å². The van der Waals surface area contributed by atoms with Crippen molar-refractivity contribution in [3.63, 3.8) is 0 Å². The minimum absolute atomic E-state index is 0.0294. The van der Waals surface area contributed by atoms with Crippen molar-refractivity contribution in [1.82, 2.24) is 14.4 Å². The molecule has 114 valence electrons. The number of halogens is 2. The summed E-state index contributed by atoms with van der Waals surface area (Å²) in [5, 5.41) is 2.75. The van der Waals surface area contributed by atoms with Crippen molar-refractivity contribution in [2.75, 3.05) is 5.32 Å². The maximum Gasteiger partial charge on any atom is 0.277 e. The Morgan fingerprint density at radius 3 is 2.91 bits per heavy atom. The monoisotopic (exact) mass is 330 g/mol. The lowest BCUT2D eigenvalue weighted by Gasteiger charge is -1.96. The van der Waals surface area contributed by atoms with E-state index < -0.39 is 17.5 Å². The summed E-state index contributed by atoms with van der Waals surface area (Å²) in [4.78, 5) is 20.4. The summed E-state index contributed by atoms with van der Waals surface area (Å²) < 4.78 is 28.9. The topological polar surface area (TPSA) is 59.3 Å². The van der Waals surface area contributed by atoms with E-state index in [-0.39, 0.29) is 16.3 Å². The summed E-state index contributed by atoms with van der Waals surface area (Å²) in [6.07, 6.45) is 3.35. The lowest BCUT2D eigenvalue weighted by molar-refractivity contribution is 0.102. The molecule has 0 aliphatic heterocycles. The number of aromatic nitrogens is 3. The lowest BCUT2D eigenvalue weighted by Crippen LogP contribution is -2.11. The summed E-state index contributed by atoms with van der Waals surface area (Å²) in [6.45, 7) is 0. The predicted molar refractivity (Wildman–Crippen MR) is 82.7 cm³/mol. The van der Waals surface area contributed by atoms with Gasteiger partial charge in [-0.1, -0.05) is 17.4 Å². The van der Waals surface area contributed by atoms with Gasteiger partial charge in [-0.25, -0.2) is 18.7 Å². The number of anilines is 1. The maximum absolute atomic E-state index is 13.6. The number of benzene rings is 1. The number of amides is 1. The Morgan fingerprint density at radius 1 is 1.22 bits per heavy atom. The average molecular weight is 330 g/mol. The second-order valence-corrected chi connectivity index (χ2v) is 5.83. The number of pyridine rings is 1. The van der Waals surface area contributed by atoms with Crippen molar-refractivity contribution >= 4 is 38.2 Å². The first kappa shape index (κ1) is 13.8. The summed E-state index contributed by atoms with van der Waals surface area (Å²) in [6, 6.07) is 7.34. The fraction of sp³-hybridized carbons (Fsp3) is 0. The average Bonchev–Trinajstić information content (AvgIpc) is 3.10. The van der Waals surface area contributed by atoms with Crippen molar-refractivity contribution < 1.29 is 13.6 Å². The molecule has 0 saturated heterocycles. The van der Waals surface area contributed by atoms with Crippen molar-refractivity contribution in [1.29, 1.82) is 0 Å². The zero-order chi connectivity index (χ0) is 16.0. The van der Waals surface area contributed by atoms with E-state index in [9.17, 15) is 13.6 Å². The summed E-state index contributed by atoms with van der Waals surface area (Å²) in [5.41, 5.74) is 0.874. The molecule has 8 heteroatoms. The molecule has 4 rings (SSSR count). The standard InChI is InChI=1S/C15H8F2N4OS/c16-8-5-9(17)13-11(6-8)23-15(19-13)20-14(22)10-7-21-4-2-1-3-12(21)18-10/h1-7H,(H,19,20,22). The molecule has 0 fully saturated rings. The number of carbonyl (C=O) groups is 1. The van der Waals surface area contributed by atoms with E-state index in [0.717, 1.165) is 17.4 Å². The van der Waals surface area contributed by atoms with Crippen LogP contribution >= 0.6 is 11.3 Å². The highest BCUT2D eigenvalue weighted by molar-refractivity contribution is 7.22. The van der Waals surface area contributed by atoms with Gasteiger partial charge in [-0.15, -0.1) is 0 Å². The van der Waals surface area contributed by atoms with Crippen LogP contribution in [0.1, 0.15) is 10.5 Å². The van der Waals surface area contributed by atoms with Crippen molar-refractivity contribution in [3.8, 4) is 0 Å². The van der Waals surface area contributed by atoms with Crippen molar-refractivity contribution in [2.24, 2.45) is 0 Å². The Hall–Kier alpha value is -2.87. The molecular formula is C15H8F2N4OS. The molecule has 0 radical (unpaired) electrons. The largest absolute Gasteiger partial charge is 0.306 e. The molecule has 0 unspecified atom stereocenters. The molecule has 0 saturated carbocycles. The zero-order valence-electron chi connectivity index (χ0n) is 11.5. The molecule has 1 amide bonds. The molecule has 23 heavy (non-hydrogen) atoms. The number of thiazole rings is 1. The van der Waals surface area contributed by atoms with Crippen LogP contribution < -0.4 is 5.32 Å². The summed E-state index contributed by atoms with van der Waals surface area (Å²) in [7, 11) is 0. The van der Waals surface area contributed by atoms with Crippen LogP contribution in [-0.2, 0) is 0 Å².